The third-order valence-electron chi connectivity index (χ3n) is 2.28. The second-order valence-corrected chi connectivity index (χ2v) is 4.76. The Kier molecular flexibility index (Phi) is 3.65. The second-order valence-electron chi connectivity index (χ2n) is 3.22. The van der Waals surface area contributed by atoms with Gasteiger partial charge in [0.15, 0.2) is 0 Å². The van der Waals surface area contributed by atoms with Gasteiger partial charge in [-0.2, -0.15) is 0 Å². The van der Waals surface area contributed by atoms with Crippen molar-refractivity contribution in [1.82, 2.24) is 5.32 Å². The lowest BCUT2D eigenvalue weighted by Crippen LogP contribution is -2.34. The van der Waals surface area contributed by atoms with Crippen LogP contribution in [0, 0.1) is 3.57 Å². The maximum atomic E-state index is 6.22. The van der Waals surface area contributed by atoms with Gasteiger partial charge in [-0.05, 0) is 34.2 Å². The normalized spacial score (nSPS) is 22.3. The van der Waals surface area contributed by atoms with Gasteiger partial charge in [0.1, 0.15) is 0 Å². The summed E-state index contributed by atoms with van der Waals surface area (Å²) in [4.78, 5) is 0. The van der Waals surface area contributed by atoms with Gasteiger partial charge in [0.25, 0.3) is 0 Å². The molecule has 1 fully saturated rings. The number of morpholine rings is 1. The minimum atomic E-state index is 0.242. The Balaban J connectivity index is 2.26. The smallest absolute Gasteiger partial charge is 0.0662 e. The first kappa shape index (κ1) is 10.7. The molecule has 0 aromatic heterocycles. The second kappa shape index (κ2) is 4.79. The number of rotatable bonds is 1. The fourth-order valence-corrected chi connectivity index (χ4v) is 2.33. The van der Waals surface area contributed by atoms with Gasteiger partial charge in [0.2, 0.25) is 0 Å². The predicted molar refractivity (Wildman–Crippen MR) is 65.7 cm³/mol. The molecule has 4 heteroatoms. The first-order valence-electron chi connectivity index (χ1n) is 4.54. The van der Waals surface area contributed by atoms with Crippen LogP contribution in [0.1, 0.15) is 11.6 Å². The number of nitrogens with one attached hydrogen (secondary N) is 1. The van der Waals surface area contributed by atoms with Crippen LogP contribution in [0.5, 0.6) is 0 Å². The molecule has 1 atom stereocenters. The molecule has 0 spiro atoms. The highest BCUT2D eigenvalue weighted by Crippen LogP contribution is 2.28. The average molecular weight is 324 g/mol. The summed E-state index contributed by atoms with van der Waals surface area (Å²) >= 11 is 8.47. The SMILES string of the molecule is Clc1c(I)cccc1C1COCCN1. The van der Waals surface area contributed by atoms with Crippen molar-refractivity contribution < 1.29 is 4.74 Å². The Morgan fingerprint density at radius 1 is 1.50 bits per heavy atom. The highest BCUT2D eigenvalue weighted by Gasteiger charge is 2.18. The van der Waals surface area contributed by atoms with Crippen LogP contribution in [0.4, 0.5) is 0 Å². The Morgan fingerprint density at radius 2 is 2.36 bits per heavy atom. The maximum Gasteiger partial charge on any atom is 0.0662 e. The minimum absolute atomic E-state index is 0.242. The molecule has 2 rings (SSSR count). The Bertz CT molecular complexity index is 326. The predicted octanol–water partition coefficient (Wildman–Crippen LogP) is 2.61. The van der Waals surface area contributed by atoms with Crippen LogP contribution >= 0.6 is 34.2 Å². The molecule has 76 valence electrons. The van der Waals surface area contributed by atoms with Crippen molar-refractivity contribution in [3.8, 4) is 0 Å². The zero-order chi connectivity index (χ0) is 9.97. The monoisotopic (exact) mass is 323 g/mol. The van der Waals surface area contributed by atoms with E-state index < -0.39 is 0 Å². The first-order chi connectivity index (χ1) is 6.79. The fraction of sp³-hybridized carbons (Fsp3) is 0.400. The lowest BCUT2D eigenvalue weighted by Gasteiger charge is -2.25. The molecule has 1 N–H and O–H groups in total. The van der Waals surface area contributed by atoms with Crippen molar-refractivity contribution in [2.75, 3.05) is 19.8 Å². The molecule has 2 nitrogen and oxygen atoms in total. The molecule has 1 aromatic carbocycles. The van der Waals surface area contributed by atoms with Gasteiger partial charge in [0, 0.05) is 10.1 Å². The molecule has 1 unspecified atom stereocenters. The van der Waals surface area contributed by atoms with Gasteiger partial charge in [-0.15, -0.1) is 0 Å². The molecule has 0 bridgehead atoms. The van der Waals surface area contributed by atoms with Crippen LogP contribution in [-0.2, 0) is 4.74 Å². The van der Waals surface area contributed by atoms with E-state index in [-0.39, 0.29) is 6.04 Å². The molecule has 0 aliphatic carbocycles. The van der Waals surface area contributed by atoms with E-state index in [9.17, 15) is 0 Å². The summed E-state index contributed by atoms with van der Waals surface area (Å²) in [5.74, 6) is 0. The van der Waals surface area contributed by atoms with Crippen molar-refractivity contribution in [1.29, 1.82) is 0 Å². The van der Waals surface area contributed by atoms with E-state index in [4.69, 9.17) is 16.3 Å². The Hall–Kier alpha value is 0.160. The third-order valence-corrected chi connectivity index (χ3v) is 3.92. The minimum Gasteiger partial charge on any atom is -0.378 e. The third kappa shape index (κ3) is 2.21. The molecular formula is C10H11ClINO. The van der Waals surface area contributed by atoms with Gasteiger partial charge in [-0.3, -0.25) is 0 Å². The van der Waals surface area contributed by atoms with Crippen LogP contribution in [0.15, 0.2) is 18.2 Å². The van der Waals surface area contributed by atoms with E-state index in [1.807, 2.05) is 12.1 Å². The van der Waals surface area contributed by atoms with Crippen LogP contribution in [0.3, 0.4) is 0 Å². The molecule has 1 heterocycles. The summed E-state index contributed by atoms with van der Waals surface area (Å²) in [7, 11) is 0. The molecule has 0 saturated carbocycles. The van der Waals surface area contributed by atoms with E-state index >= 15 is 0 Å². The van der Waals surface area contributed by atoms with Crippen LogP contribution in [-0.4, -0.2) is 19.8 Å². The fourth-order valence-electron chi connectivity index (χ4n) is 1.55. The molecule has 1 aromatic rings. The molecular weight excluding hydrogens is 312 g/mol. The highest BCUT2D eigenvalue weighted by atomic mass is 127. The molecule has 1 saturated heterocycles. The van der Waals surface area contributed by atoms with E-state index in [2.05, 4.69) is 34.0 Å². The van der Waals surface area contributed by atoms with Crippen molar-refractivity contribution in [2.24, 2.45) is 0 Å². The van der Waals surface area contributed by atoms with Crippen LogP contribution in [0.25, 0.3) is 0 Å². The number of hydrogen-bond acceptors (Lipinski definition) is 2. The van der Waals surface area contributed by atoms with Crippen LogP contribution < -0.4 is 5.32 Å². The number of halogens is 2. The lowest BCUT2D eigenvalue weighted by atomic mass is 10.1. The highest BCUT2D eigenvalue weighted by molar-refractivity contribution is 14.1. The molecule has 0 amide bonds. The van der Waals surface area contributed by atoms with Crippen molar-refractivity contribution in [3.63, 3.8) is 0 Å². The standard InChI is InChI=1S/C10H11ClINO/c11-10-7(2-1-3-8(10)12)9-6-14-5-4-13-9/h1-3,9,13H,4-6H2. The number of benzene rings is 1. The van der Waals surface area contributed by atoms with Gasteiger partial charge < -0.3 is 10.1 Å². The average Bonchev–Trinajstić information content (AvgIpc) is 2.23. The van der Waals surface area contributed by atoms with Crippen molar-refractivity contribution >= 4 is 34.2 Å². The van der Waals surface area contributed by atoms with Gasteiger partial charge in [-0.25, -0.2) is 0 Å². The number of hydrogen-bond donors (Lipinski definition) is 1. The van der Waals surface area contributed by atoms with E-state index in [0.717, 1.165) is 27.3 Å². The van der Waals surface area contributed by atoms with Crippen molar-refractivity contribution in [3.05, 3.63) is 32.4 Å². The van der Waals surface area contributed by atoms with E-state index in [1.54, 1.807) is 0 Å². The topological polar surface area (TPSA) is 21.3 Å². The van der Waals surface area contributed by atoms with E-state index in [1.165, 1.54) is 0 Å². The quantitative estimate of drug-likeness (QED) is 0.802. The maximum absolute atomic E-state index is 6.22. The summed E-state index contributed by atoms with van der Waals surface area (Å²) < 4.78 is 6.50. The summed E-state index contributed by atoms with van der Waals surface area (Å²) in [6.45, 7) is 2.39. The summed E-state index contributed by atoms with van der Waals surface area (Å²) in [6, 6.07) is 6.33. The Morgan fingerprint density at radius 3 is 3.07 bits per heavy atom. The van der Waals surface area contributed by atoms with Gasteiger partial charge in [-0.1, -0.05) is 23.7 Å². The first-order valence-corrected chi connectivity index (χ1v) is 6.00. The number of ether oxygens (including phenoxy) is 1. The van der Waals surface area contributed by atoms with Gasteiger partial charge in [0.05, 0.1) is 24.3 Å². The zero-order valence-corrected chi connectivity index (χ0v) is 10.5. The molecule has 1 aliphatic heterocycles. The summed E-state index contributed by atoms with van der Waals surface area (Å²) in [5, 5.41) is 4.23. The molecule has 0 radical (unpaired) electrons. The summed E-state index contributed by atoms with van der Waals surface area (Å²) in [6.07, 6.45) is 0. The van der Waals surface area contributed by atoms with Crippen LogP contribution in [0.2, 0.25) is 5.02 Å². The van der Waals surface area contributed by atoms with Crippen molar-refractivity contribution in [2.45, 2.75) is 6.04 Å². The lowest BCUT2D eigenvalue weighted by molar-refractivity contribution is 0.0769. The summed E-state index contributed by atoms with van der Waals surface area (Å²) in [5.41, 5.74) is 1.14. The van der Waals surface area contributed by atoms with Gasteiger partial charge >= 0.3 is 0 Å². The largest absolute Gasteiger partial charge is 0.378 e. The zero-order valence-electron chi connectivity index (χ0n) is 7.59. The van der Waals surface area contributed by atoms with E-state index in [0.29, 0.717) is 6.61 Å². The molecule has 1 aliphatic rings. The molecule has 14 heavy (non-hydrogen) atoms. The Labute approximate surface area is 102 Å².